The third-order valence-electron chi connectivity index (χ3n) is 4.37. The van der Waals surface area contributed by atoms with E-state index >= 15 is 0 Å². The summed E-state index contributed by atoms with van der Waals surface area (Å²) in [5, 5.41) is 2.68. The quantitative estimate of drug-likeness (QED) is 0.613. The Kier molecular flexibility index (Phi) is 7.86. The van der Waals surface area contributed by atoms with Crippen LogP contribution in [0.4, 0.5) is 11.4 Å². The second-order valence-corrected chi connectivity index (χ2v) is 9.39. The van der Waals surface area contributed by atoms with Crippen molar-refractivity contribution in [1.82, 2.24) is 0 Å². The molecule has 162 valence electrons. The zero-order valence-corrected chi connectivity index (χ0v) is 18.9. The van der Waals surface area contributed by atoms with E-state index in [0.29, 0.717) is 11.7 Å². The average molecular weight is 453 g/mol. The molecule has 7 nitrogen and oxygen atoms in total. The first-order valence-corrected chi connectivity index (χ1v) is 11.6. The number of hydrogen-bond acceptors (Lipinski definition) is 6. The van der Waals surface area contributed by atoms with Crippen LogP contribution in [-0.2, 0) is 19.4 Å². The molecule has 0 aromatic heterocycles. The van der Waals surface area contributed by atoms with Crippen LogP contribution in [0.25, 0.3) is 0 Å². The van der Waals surface area contributed by atoms with Crippen LogP contribution in [0.3, 0.4) is 0 Å². The fourth-order valence-corrected chi connectivity index (χ4v) is 3.72. The zero-order chi connectivity index (χ0) is 22.5. The molecule has 2 rings (SSSR count). The molecule has 0 spiro atoms. The molecule has 9 heteroatoms. The van der Waals surface area contributed by atoms with Crippen LogP contribution in [0.2, 0.25) is 5.02 Å². The molecule has 0 bridgehead atoms. The molecule has 0 heterocycles. The van der Waals surface area contributed by atoms with Crippen LogP contribution in [0, 0.1) is 0 Å². The fraction of sp³-hybridized carbons (Fsp3) is 0.333. The maximum absolute atomic E-state index is 12.2. The van der Waals surface area contributed by atoms with Crippen molar-refractivity contribution in [3.8, 4) is 0 Å². The van der Waals surface area contributed by atoms with Gasteiger partial charge < -0.3 is 15.0 Å². The van der Waals surface area contributed by atoms with Crippen molar-refractivity contribution in [1.29, 1.82) is 0 Å². The smallest absolute Gasteiger partial charge is 0.340 e. The van der Waals surface area contributed by atoms with Crippen LogP contribution in [0.1, 0.15) is 31.1 Å². The highest BCUT2D eigenvalue weighted by atomic mass is 35.5. The van der Waals surface area contributed by atoms with E-state index in [9.17, 15) is 18.0 Å². The van der Waals surface area contributed by atoms with Gasteiger partial charge in [0.15, 0.2) is 16.4 Å². The second-order valence-electron chi connectivity index (χ2n) is 6.96. The maximum atomic E-state index is 12.2. The molecule has 2 aromatic carbocycles. The zero-order valence-electron chi connectivity index (χ0n) is 17.3. The van der Waals surface area contributed by atoms with Crippen molar-refractivity contribution in [3.63, 3.8) is 0 Å². The van der Waals surface area contributed by atoms with Crippen molar-refractivity contribution in [2.45, 2.75) is 31.7 Å². The number of sulfone groups is 1. The monoisotopic (exact) mass is 452 g/mol. The molecule has 0 fully saturated rings. The Morgan fingerprint density at radius 1 is 1.13 bits per heavy atom. The Morgan fingerprint density at radius 3 is 2.30 bits per heavy atom. The lowest BCUT2D eigenvalue weighted by atomic mass is 10.2. The number of esters is 1. The summed E-state index contributed by atoms with van der Waals surface area (Å²) in [6.45, 7) is 6.61. The summed E-state index contributed by atoms with van der Waals surface area (Å²) in [5.74, 6) is -1.41. The molecule has 0 atom stereocenters. The van der Waals surface area contributed by atoms with Gasteiger partial charge in [-0.25, -0.2) is 13.2 Å². The van der Waals surface area contributed by atoms with Gasteiger partial charge >= 0.3 is 5.97 Å². The lowest BCUT2D eigenvalue weighted by molar-refractivity contribution is -0.119. The van der Waals surface area contributed by atoms with Gasteiger partial charge in [0.1, 0.15) is 0 Å². The van der Waals surface area contributed by atoms with E-state index in [-0.39, 0.29) is 15.5 Å². The molecule has 2 aromatic rings. The molecular weight excluding hydrogens is 428 g/mol. The molecule has 30 heavy (non-hydrogen) atoms. The predicted octanol–water partition coefficient (Wildman–Crippen LogP) is 3.77. The van der Waals surface area contributed by atoms with E-state index in [4.69, 9.17) is 16.3 Å². The van der Waals surface area contributed by atoms with E-state index < -0.39 is 28.3 Å². The number of anilines is 2. The number of halogens is 1. The highest BCUT2D eigenvalue weighted by Crippen LogP contribution is 2.22. The number of nitrogens with one attached hydrogen (secondary N) is 1. The van der Waals surface area contributed by atoms with Gasteiger partial charge in [-0.2, -0.15) is 0 Å². The topological polar surface area (TPSA) is 92.8 Å². The SMILES string of the molecule is CCN(c1ccc(NC(=O)COC(=O)c2cc(S(C)(=O)=O)ccc2Cl)cc1)C(C)C. The van der Waals surface area contributed by atoms with Gasteiger partial charge in [0, 0.05) is 30.2 Å². The first kappa shape index (κ1) is 23.7. The molecule has 0 aliphatic carbocycles. The summed E-state index contributed by atoms with van der Waals surface area (Å²) in [4.78, 5) is 26.5. The Morgan fingerprint density at radius 2 is 1.77 bits per heavy atom. The van der Waals surface area contributed by atoms with Crippen LogP contribution in [0.5, 0.6) is 0 Å². The molecular formula is C21H25ClN2O5S. The fourth-order valence-electron chi connectivity index (χ4n) is 2.88. The van der Waals surface area contributed by atoms with Crippen molar-refractivity contribution >= 4 is 44.7 Å². The maximum Gasteiger partial charge on any atom is 0.340 e. The Bertz CT molecular complexity index is 1020. The first-order valence-electron chi connectivity index (χ1n) is 9.36. The van der Waals surface area contributed by atoms with Gasteiger partial charge in [-0.1, -0.05) is 11.6 Å². The molecule has 1 amide bonds. The second kappa shape index (κ2) is 9.95. The number of amides is 1. The van der Waals surface area contributed by atoms with Gasteiger partial charge in [-0.3, -0.25) is 4.79 Å². The van der Waals surface area contributed by atoms with Gasteiger partial charge in [0.2, 0.25) is 0 Å². The molecule has 0 radical (unpaired) electrons. The summed E-state index contributed by atoms with van der Waals surface area (Å²) in [6, 6.07) is 11.4. The van der Waals surface area contributed by atoms with Crippen molar-refractivity contribution in [3.05, 3.63) is 53.1 Å². The van der Waals surface area contributed by atoms with E-state index in [2.05, 4.69) is 31.0 Å². The molecule has 1 N–H and O–H groups in total. The summed E-state index contributed by atoms with van der Waals surface area (Å²) in [6.07, 6.45) is 1.02. The minimum absolute atomic E-state index is 0.0361. The van der Waals surface area contributed by atoms with E-state index in [1.54, 1.807) is 12.1 Å². The Balaban J connectivity index is 1.99. The lowest BCUT2D eigenvalue weighted by Crippen LogP contribution is -2.30. The molecule has 0 unspecified atom stereocenters. The third kappa shape index (κ3) is 6.21. The number of carbonyl (C=O) groups excluding carboxylic acids is 2. The largest absolute Gasteiger partial charge is 0.452 e. The van der Waals surface area contributed by atoms with Gasteiger partial charge in [0.05, 0.1) is 15.5 Å². The summed E-state index contributed by atoms with van der Waals surface area (Å²) >= 11 is 5.96. The van der Waals surface area contributed by atoms with Gasteiger partial charge in [0.25, 0.3) is 5.91 Å². The van der Waals surface area contributed by atoms with E-state index in [1.165, 1.54) is 12.1 Å². The standard InChI is InChI=1S/C21H25ClN2O5S/c1-5-24(14(2)3)16-8-6-15(7-9-16)23-20(25)13-29-21(26)18-12-17(30(4,27)28)10-11-19(18)22/h6-12,14H,5,13H2,1-4H3,(H,23,25). The number of ether oxygens (including phenoxy) is 1. The summed E-state index contributed by atoms with van der Waals surface area (Å²) in [7, 11) is -3.51. The van der Waals surface area contributed by atoms with Crippen LogP contribution < -0.4 is 10.2 Å². The molecule has 0 aliphatic heterocycles. The highest BCUT2D eigenvalue weighted by molar-refractivity contribution is 7.90. The third-order valence-corrected chi connectivity index (χ3v) is 5.81. The van der Waals surface area contributed by atoms with Crippen molar-refractivity contribution in [2.75, 3.05) is 29.6 Å². The van der Waals surface area contributed by atoms with Crippen LogP contribution in [0.15, 0.2) is 47.4 Å². The number of nitrogens with zero attached hydrogens (tertiary/aromatic N) is 1. The first-order chi connectivity index (χ1) is 14.0. The molecule has 0 saturated heterocycles. The van der Waals surface area contributed by atoms with Gasteiger partial charge in [-0.15, -0.1) is 0 Å². The minimum atomic E-state index is -3.51. The number of rotatable bonds is 8. The van der Waals surface area contributed by atoms with Gasteiger partial charge in [-0.05, 0) is 63.2 Å². The van der Waals surface area contributed by atoms with Crippen LogP contribution in [-0.4, -0.2) is 45.7 Å². The van der Waals surface area contributed by atoms with E-state index in [1.807, 2.05) is 12.1 Å². The average Bonchev–Trinajstić information content (AvgIpc) is 2.67. The van der Waals surface area contributed by atoms with Crippen molar-refractivity contribution < 1.29 is 22.7 Å². The summed E-state index contributed by atoms with van der Waals surface area (Å²) < 4.78 is 28.3. The minimum Gasteiger partial charge on any atom is -0.452 e. The predicted molar refractivity (Wildman–Crippen MR) is 118 cm³/mol. The Hall–Kier alpha value is -2.58. The van der Waals surface area contributed by atoms with Crippen molar-refractivity contribution in [2.24, 2.45) is 0 Å². The molecule has 0 saturated carbocycles. The van der Waals surface area contributed by atoms with E-state index in [0.717, 1.165) is 24.6 Å². The highest BCUT2D eigenvalue weighted by Gasteiger charge is 2.18. The number of hydrogen-bond donors (Lipinski definition) is 1. The Labute approximate surface area is 181 Å². The number of benzene rings is 2. The normalized spacial score (nSPS) is 11.3. The van der Waals surface area contributed by atoms with Crippen LogP contribution >= 0.6 is 11.6 Å². The molecule has 0 aliphatic rings. The number of carbonyl (C=O) groups is 2. The summed E-state index contributed by atoms with van der Waals surface area (Å²) in [5.41, 5.74) is 1.49. The lowest BCUT2D eigenvalue weighted by Gasteiger charge is -2.27.